The van der Waals surface area contributed by atoms with Crippen LogP contribution in [0.5, 0.6) is 0 Å². The third kappa shape index (κ3) is 5.62. The fourth-order valence-electron chi connectivity index (χ4n) is 1.50. The van der Waals surface area contributed by atoms with Gasteiger partial charge in [-0.2, -0.15) is 0 Å². The zero-order valence-electron chi connectivity index (χ0n) is 11.2. The number of sulfonamides is 1. The summed E-state index contributed by atoms with van der Waals surface area (Å²) >= 11 is 11.6. The number of hydrogen-bond donors (Lipinski definition) is 2. The molecule has 0 bridgehead atoms. The van der Waals surface area contributed by atoms with E-state index in [1.165, 1.54) is 12.1 Å². The molecule has 0 spiro atoms. The third-order valence-electron chi connectivity index (χ3n) is 2.18. The zero-order chi connectivity index (χ0) is 15.6. The Morgan fingerprint density at radius 1 is 1.35 bits per heavy atom. The Labute approximate surface area is 127 Å². The Bertz CT molecular complexity index is 617. The van der Waals surface area contributed by atoms with Gasteiger partial charge in [0.05, 0.1) is 11.3 Å². The Morgan fingerprint density at radius 2 is 1.95 bits per heavy atom. The van der Waals surface area contributed by atoms with Crippen LogP contribution in [0.15, 0.2) is 12.1 Å². The van der Waals surface area contributed by atoms with Crippen molar-refractivity contribution >= 4 is 39.1 Å². The number of carbonyl (C=O) groups is 1. The second kappa shape index (κ2) is 6.26. The Balaban J connectivity index is 2.75. The van der Waals surface area contributed by atoms with Crippen LogP contribution in [0.25, 0.3) is 0 Å². The van der Waals surface area contributed by atoms with Gasteiger partial charge < -0.3 is 5.32 Å². The van der Waals surface area contributed by atoms with Crippen LogP contribution in [0.3, 0.4) is 0 Å². The van der Waals surface area contributed by atoms with Gasteiger partial charge in [-0.05, 0) is 26.0 Å². The van der Waals surface area contributed by atoms with E-state index < -0.39 is 21.5 Å². The summed E-state index contributed by atoms with van der Waals surface area (Å²) in [6.07, 6.45) is 1.05. The van der Waals surface area contributed by atoms with E-state index in [0.717, 1.165) is 6.26 Å². The molecule has 1 rings (SSSR count). The topological polar surface area (TPSA) is 88.2 Å². The van der Waals surface area contributed by atoms with Crippen molar-refractivity contribution in [2.75, 3.05) is 12.8 Å². The molecular weight excluding hydrogens is 325 g/mol. The van der Waals surface area contributed by atoms with Crippen molar-refractivity contribution in [3.05, 3.63) is 28.0 Å². The average molecular weight is 340 g/mol. The van der Waals surface area contributed by atoms with Gasteiger partial charge in [0.2, 0.25) is 10.0 Å². The summed E-state index contributed by atoms with van der Waals surface area (Å²) in [7, 11) is -3.37. The van der Waals surface area contributed by atoms with E-state index in [1.807, 2.05) is 0 Å². The van der Waals surface area contributed by atoms with Crippen molar-refractivity contribution in [3.63, 3.8) is 0 Å². The number of nitrogens with zero attached hydrogens (tertiary/aromatic N) is 1. The molecule has 0 aliphatic rings. The minimum absolute atomic E-state index is 0.00526. The van der Waals surface area contributed by atoms with Crippen LogP contribution in [-0.2, 0) is 10.0 Å². The van der Waals surface area contributed by atoms with Crippen molar-refractivity contribution in [1.29, 1.82) is 0 Å². The first-order valence-electron chi connectivity index (χ1n) is 5.59. The van der Waals surface area contributed by atoms with E-state index in [1.54, 1.807) is 13.8 Å². The molecule has 1 aromatic heterocycles. The molecule has 0 saturated carbocycles. The van der Waals surface area contributed by atoms with E-state index in [9.17, 15) is 13.2 Å². The molecule has 0 unspecified atom stereocenters. The normalized spacial score (nSPS) is 12.2. The molecule has 2 N–H and O–H groups in total. The lowest BCUT2D eigenvalue weighted by molar-refractivity contribution is 0.0939. The number of aromatic nitrogens is 1. The number of amides is 1. The predicted molar refractivity (Wildman–Crippen MR) is 78.6 cm³/mol. The van der Waals surface area contributed by atoms with Gasteiger partial charge in [0.1, 0.15) is 10.8 Å². The monoisotopic (exact) mass is 339 g/mol. The van der Waals surface area contributed by atoms with Gasteiger partial charge in [-0.15, -0.1) is 0 Å². The quantitative estimate of drug-likeness (QED) is 0.794. The fraction of sp³-hybridized carbons (Fsp3) is 0.455. The summed E-state index contributed by atoms with van der Waals surface area (Å²) in [4.78, 5) is 15.8. The molecular formula is C11H15Cl2N3O3S. The molecule has 9 heteroatoms. The van der Waals surface area contributed by atoms with Gasteiger partial charge in [0, 0.05) is 12.1 Å². The molecule has 0 aromatic carbocycles. The van der Waals surface area contributed by atoms with Crippen LogP contribution >= 0.6 is 23.2 Å². The first-order chi connectivity index (χ1) is 9.00. The van der Waals surface area contributed by atoms with Crippen LogP contribution in [0.4, 0.5) is 0 Å². The number of rotatable bonds is 5. The Morgan fingerprint density at radius 3 is 2.50 bits per heavy atom. The van der Waals surface area contributed by atoms with Gasteiger partial charge in [0.15, 0.2) is 0 Å². The van der Waals surface area contributed by atoms with Gasteiger partial charge in [-0.1, -0.05) is 23.2 Å². The van der Waals surface area contributed by atoms with Crippen LogP contribution in [0, 0.1) is 0 Å². The van der Waals surface area contributed by atoms with Crippen molar-refractivity contribution in [3.8, 4) is 0 Å². The first kappa shape index (κ1) is 17.2. The summed E-state index contributed by atoms with van der Waals surface area (Å²) < 4.78 is 24.8. The number of hydrogen-bond acceptors (Lipinski definition) is 4. The molecule has 1 aromatic rings. The largest absolute Gasteiger partial charge is 0.349 e. The van der Waals surface area contributed by atoms with Gasteiger partial charge >= 0.3 is 0 Å². The summed E-state index contributed by atoms with van der Waals surface area (Å²) in [6, 6.07) is 2.93. The first-order valence-corrected chi connectivity index (χ1v) is 8.24. The molecule has 0 aliphatic carbocycles. The number of pyridine rings is 1. The predicted octanol–water partition coefficient (Wildman–Crippen LogP) is 1.45. The van der Waals surface area contributed by atoms with E-state index >= 15 is 0 Å². The minimum atomic E-state index is -3.37. The van der Waals surface area contributed by atoms with E-state index in [2.05, 4.69) is 15.0 Å². The maximum absolute atomic E-state index is 11.9. The van der Waals surface area contributed by atoms with E-state index in [-0.39, 0.29) is 22.4 Å². The van der Waals surface area contributed by atoms with Gasteiger partial charge in [-0.25, -0.2) is 18.1 Å². The van der Waals surface area contributed by atoms with Crippen LogP contribution in [-0.4, -0.2) is 37.6 Å². The van der Waals surface area contributed by atoms with Gasteiger partial charge in [-0.3, -0.25) is 4.79 Å². The zero-order valence-corrected chi connectivity index (χ0v) is 13.5. The maximum Gasteiger partial charge on any atom is 0.271 e. The second-order valence-electron chi connectivity index (χ2n) is 4.91. The van der Waals surface area contributed by atoms with Crippen molar-refractivity contribution < 1.29 is 13.2 Å². The maximum atomic E-state index is 11.9. The Hall–Kier alpha value is -0.890. The highest BCUT2D eigenvalue weighted by atomic mass is 35.5. The average Bonchev–Trinajstić information content (AvgIpc) is 2.26. The minimum Gasteiger partial charge on any atom is -0.349 e. The summed E-state index contributed by atoms with van der Waals surface area (Å²) in [5, 5.41) is 2.87. The van der Waals surface area contributed by atoms with Crippen molar-refractivity contribution in [2.45, 2.75) is 19.4 Å². The molecule has 1 heterocycles. The summed E-state index contributed by atoms with van der Waals surface area (Å²) in [6.45, 7) is 3.35. The molecule has 112 valence electrons. The highest BCUT2D eigenvalue weighted by molar-refractivity contribution is 7.88. The van der Waals surface area contributed by atoms with Crippen LogP contribution in [0.1, 0.15) is 24.3 Å². The van der Waals surface area contributed by atoms with E-state index in [0.29, 0.717) is 0 Å². The lowest BCUT2D eigenvalue weighted by atomic mass is 10.1. The molecule has 1 amide bonds. The second-order valence-corrected chi connectivity index (χ2v) is 7.45. The highest BCUT2D eigenvalue weighted by Crippen LogP contribution is 2.16. The SMILES string of the molecule is CC(C)(CNC(=O)c1nc(Cl)ccc1Cl)NS(C)(=O)=O. The third-order valence-corrected chi connectivity index (χ3v) is 3.62. The lowest BCUT2D eigenvalue weighted by Crippen LogP contribution is -2.51. The van der Waals surface area contributed by atoms with Crippen LogP contribution in [0.2, 0.25) is 10.2 Å². The number of halogens is 2. The van der Waals surface area contributed by atoms with Crippen molar-refractivity contribution in [2.24, 2.45) is 0 Å². The molecule has 0 radical (unpaired) electrons. The number of carbonyl (C=O) groups excluding carboxylic acids is 1. The number of nitrogens with one attached hydrogen (secondary N) is 2. The molecule has 0 atom stereocenters. The lowest BCUT2D eigenvalue weighted by Gasteiger charge is -2.25. The van der Waals surface area contributed by atoms with E-state index in [4.69, 9.17) is 23.2 Å². The summed E-state index contributed by atoms with van der Waals surface area (Å²) in [5.74, 6) is -0.527. The Kier molecular flexibility index (Phi) is 5.37. The van der Waals surface area contributed by atoms with Crippen LogP contribution < -0.4 is 10.0 Å². The highest BCUT2D eigenvalue weighted by Gasteiger charge is 2.24. The molecule has 6 nitrogen and oxygen atoms in total. The molecule has 20 heavy (non-hydrogen) atoms. The standard InChI is InChI=1S/C11H15Cl2N3O3S/c1-11(2,16-20(3,18)19)6-14-10(17)9-7(12)4-5-8(13)15-9/h4-5,16H,6H2,1-3H3,(H,14,17). The fourth-order valence-corrected chi connectivity index (χ4v) is 2.92. The van der Waals surface area contributed by atoms with Gasteiger partial charge in [0.25, 0.3) is 5.91 Å². The summed E-state index contributed by atoms with van der Waals surface area (Å²) in [5.41, 5.74) is -0.844. The smallest absolute Gasteiger partial charge is 0.271 e. The molecule has 0 saturated heterocycles. The van der Waals surface area contributed by atoms with Crippen molar-refractivity contribution in [1.82, 2.24) is 15.0 Å². The molecule has 0 aliphatic heterocycles. The molecule has 0 fully saturated rings.